The van der Waals surface area contributed by atoms with Crippen molar-refractivity contribution in [1.82, 2.24) is 16.0 Å². The van der Waals surface area contributed by atoms with Gasteiger partial charge in [0.2, 0.25) is 23.6 Å². The molecule has 0 aliphatic carbocycles. The monoisotopic (exact) mass is 593 g/mol. The Morgan fingerprint density at radius 3 is 1.88 bits per heavy atom. The van der Waals surface area contributed by atoms with Gasteiger partial charge in [-0.25, -0.2) is 4.79 Å². The topological polar surface area (TPSA) is 304 Å². The Morgan fingerprint density at radius 1 is 0.786 bits per heavy atom. The third kappa shape index (κ3) is 14.3. The van der Waals surface area contributed by atoms with Gasteiger partial charge in [-0.05, 0) is 69.2 Å². The van der Waals surface area contributed by atoms with Crippen molar-refractivity contribution in [3.05, 3.63) is 29.8 Å². The van der Waals surface area contributed by atoms with Crippen LogP contribution in [0.3, 0.4) is 0 Å². The Kier molecular flexibility index (Phi) is 15.9. The molecule has 16 heteroatoms. The molecule has 234 valence electrons. The summed E-state index contributed by atoms with van der Waals surface area (Å²) in [5.74, 6) is -4.36. The van der Waals surface area contributed by atoms with Gasteiger partial charge in [-0.15, -0.1) is 0 Å². The molecule has 0 spiro atoms. The predicted molar refractivity (Wildman–Crippen MR) is 154 cm³/mol. The SMILES string of the molecule is NCCCCC(NC(=O)C(CCCN=C(N)N)NC(=O)C(CCC(N)=O)NC(=O)C(N)Cc1ccc(O)cc1)C(=O)O. The van der Waals surface area contributed by atoms with Crippen LogP contribution >= 0.6 is 0 Å². The van der Waals surface area contributed by atoms with E-state index in [4.69, 9.17) is 28.7 Å². The van der Waals surface area contributed by atoms with Crippen LogP contribution in [0.25, 0.3) is 0 Å². The van der Waals surface area contributed by atoms with Crippen molar-refractivity contribution >= 4 is 35.6 Å². The summed E-state index contributed by atoms with van der Waals surface area (Å²) in [7, 11) is 0. The number of primary amides is 1. The van der Waals surface area contributed by atoms with Crippen LogP contribution in [0.4, 0.5) is 0 Å². The number of aliphatic carboxylic acids is 1. The van der Waals surface area contributed by atoms with Crippen LogP contribution in [-0.2, 0) is 30.4 Å². The first-order valence-corrected chi connectivity index (χ1v) is 13.5. The highest BCUT2D eigenvalue weighted by molar-refractivity contribution is 5.94. The van der Waals surface area contributed by atoms with Crippen LogP contribution in [0.15, 0.2) is 29.3 Å². The summed E-state index contributed by atoms with van der Waals surface area (Å²) in [5.41, 5.74) is 28.1. The number of aliphatic imine (C=N–C) groups is 1. The van der Waals surface area contributed by atoms with E-state index in [1.54, 1.807) is 12.1 Å². The summed E-state index contributed by atoms with van der Waals surface area (Å²) < 4.78 is 0. The highest BCUT2D eigenvalue weighted by atomic mass is 16.4. The van der Waals surface area contributed by atoms with Crippen LogP contribution in [0.1, 0.15) is 50.5 Å². The number of carboxylic acid groups (broad SMARTS) is 1. The number of carbonyl (C=O) groups excluding carboxylic acids is 4. The average Bonchev–Trinajstić information content (AvgIpc) is 2.92. The molecule has 0 heterocycles. The molecule has 0 aromatic heterocycles. The van der Waals surface area contributed by atoms with Gasteiger partial charge in [0, 0.05) is 13.0 Å². The van der Waals surface area contributed by atoms with Gasteiger partial charge in [0.25, 0.3) is 0 Å². The normalized spacial score (nSPS) is 13.6. The molecule has 1 aromatic rings. The number of amides is 4. The maximum atomic E-state index is 13.3. The molecule has 16 nitrogen and oxygen atoms in total. The lowest BCUT2D eigenvalue weighted by Crippen LogP contribution is -2.57. The number of nitrogens with one attached hydrogen (secondary N) is 3. The van der Waals surface area contributed by atoms with E-state index in [1.165, 1.54) is 12.1 Å². The zero-order chi connectivity index (χ0) is 31.7. The van der Waals surface area contributed by atoms with Gasteiger partial charge >= 0.3 is 5.97 Å². The quantitative estimate of drug-likeness (QED) is 0.0419. The smallest absolute Gasteiger partial charge is 0.326 e. The first-order chi connectivity index (χ1) is 19.8. The Labute approximate surface area is 243 Å². The van der Waals surface area contributed by atoms with Gasteiger partial charge in [0.15, 0.2) is 5.96 Å². The Hall–Kier alpha value is -4.44. The maximum absolute atomic E-state index is 13.3. The summed E-state index contributed by atoms with van der Waals surface area (Å²) >= 11 is 0. The molecule has 0 radical (unpaired) electrons. The second-order valence-electron chi connectivity index (χ2n) is 9.74. The van der Waals surface area contributed by atoms with Crippen LogP contribution < -0.4 is 44.6 Å². The lowest BCUT2D eigenvalue weighted by atomic mass is 10.0. The van der Waals surface area contributed by atoms with E-state index >= 15 is 0 Å². The zero-order valence-electron chi connectivity index (χ0n) is 23.5. The molecule has 4 atom stereocenters. The Balaban J connectivity index is 3.05. The standard InChI is InChI=1S/C26H43N9O7/c27-12-2-1-4-20(25(41)42)35-23(39)18(5-3-13-32-26(30)31)34-24(40)19(10-11-21(29)37)33-22(38)17(28)14-15-6-8-16(36)9-7-15/h6-9,17-20,36H,1-5,10-14,27-28H2,(H2,29,37)(H,33,38)(H,34,40)(H,35,39)(H,41,42)(H4,30,31,32). The number of unbranched alkanes of at least 4 members (excludes halogenated alkanes) is 1. The highest BCUT2D eigenvalue weighted by Gasteiger charge is 2.30. The minimum atomic E-state index is -1.29. The fraction of sp³-hybridized carbons (Fsp3) is 0.538. The Morgan fingerprint density at radius 2 is 1.33 bits per heavy atom. The minimum absolute atomic E-state index is 0.0281. The molecule has 4 amide bonds. The average molecular weight is 594 g/mol. The van der Waals surface area contributed by atoms with Gasteiger partial charge in [-0.1, -0.05) is 12.1 Å². The van der Waals surface area contributed by atoms with E-state index in [2.05, 4.69) is 20.9 Å². The van der Waals surface area contributed by atoms with Gasteiger partial charge in [0.1, 0.15) is 23.9 Å². The van der Waals surface area contributed by atoms with E-state index < -0.39 is 53.8 Å². The molecule has 0 saturated heterocycles. The zero-order valence-corrected chi connectivity index (χ0v) is 23.5. The molecule has 0 aliphatic rings. The summed E-state index contributed by atoms with van der Waals surface area (Å²) in [6, 6.07) is 1.25. The molecular formula is C26H43N9O7. The molecule has 15 N–H and O–H groups in total. The molecule has 0 bridgehead atoms. The van der Waals surface area contributed by atoms with Crippen LogP contribution in [0.2, 0.25) is 0 Å². The van der Waals surface area contributed by atoms with E-state index in [-0.39, 0.29) is 56.8 Å². The molecular weight excluding hydrogens is 550 g/mol. The van der Waals surface area contributed by atoms with Crippen molar-refractivity contribution in [2.45, 2.75) is 75.5 Å². The molecule has 0 fully saturated rings. The molecule has 0 aliphatic heterocycles. The fourth-order valence-corrected chi connectivity index (χ4v) is 3.88. The van der Waals surface area contributed by atoms with Crippen molar-refractivity contribution < 1.29 is 34.2 Å². The first-order valence-electron chi connectivity index (χ1n) is 13.5. The summed E-state index contributed by atoms with van der Waals surface area (Å²) in [6.07, 6.45) is 1.08. The summed E-state index contributed by atoms with van der Waals surface area (Å²) in [6.45, 7) is 0.496. The number of benzene rings is 1. The molecule has 1 aromatic carbocycles. The van der Waals surface area contributed by atoms with Crippen molar-refractivity contribution in [1.29, 1.82) is 0 Å². The van der Waals surface area contributed by atoms with Crippen molar-refractivity contribution in [3.63, 3.8) is 0 Å². The molecule has 0 saturated carbocycles. The number of hydrogen-bond acceptors (Lipinski definition) is 9. The second-order valence-corrected chi connectivity index (χ2v) is 9.74. The van der Waals surface area contributed by atoms with Crippen molar-refractivity contribution in [2.24, 2.45) is 33.7 Å². The number of hydrogen-bond donors (Lipinski definition) is 10. The number of nitrogens with zero attached hydrogens (tertiary/aromatic N) is 1. The second kappa shape index (κ2) is 18.8. The third-order valence-electron chi connectivity index (χ3n) is 6.18. The maximum Gasteiger partial charge on any atom is 0.326 e. The van der Waals surface area contributed by atoms with Crippen LogP contribution in [0, 0.1) is 0 Å². The third-order valence-corrected chi connectivity index (χ3v) is 6.18. The van der Waals surface area contributed by atoms with Gasteiger partial charge in [0.05, 0.1) is 6.04 Å². The number of nitrogens with two attached hydrogens (primary N) is 5. The van der Waals surface area contributed by atoms with E-state index in [9.17, 15) is 34.2 Å². The van der Waals surface area contributed by atoms with Crippen molar-refractivity contribution in [2.75, 3.05) is 13.1 Å². The summed E-state index contributed by atoms with van der Waals surface area (Å²) in [4.78, 5) is 66.2. The number of rotatable bonds is 20. The van der Waals surface area contributed by atoms with Crippen LogP contribution in [-0.4, -0.2) is 83.0 Å². The lowest BCUT2D eigenvalue weighted by molar-refractivity contribution is -0.142. The Bertz CT molecular complexity index is 1080. The summed E-state index contributed by atoms with van der Waals surface area (Å²) in [5, 5.41) is 26.4. The van der Waals surface area contributed by atoms with Gasteiger partial charge in [-0.3, -0.25) is 24.2 Å². The highest BCUT2D eigenvalue weighted by Crippen LogP contribution is 2.11. The molecule has 42 heavy (non-hydrogen) atoms. The number of aromatic hydroxyl groups is 1. The van der Waals surface area contributed by atoms with E-state index in [0.717, 1.165) is 0 Å². The number of phenols is 1. The first kappa shape index (κ1) is 35.6. The van der Waals surface area contributed by atoms with Crippen LogP contribution in [0.5, 0.6) is 5.75 Å². The number of guanidine groups is 1. The van der Waals surface area contributed by atoms with E-state index in [0.29, 0.717) is 24.9 Å². The van der Waals surface area contributed by atoms with E-state index in [1.807, 2.05) is 0 Å². The van der Waals surface area contributed by atoms with Gasteiger partial charge in [-0.2, -0.15) is 0 Å². The number of phenolic OH excluding ortho intramolecular Hbond substituents is 1. The molecule has 1 rings (SSSR count). The number of carbonyl (C=O) groups is 5. The molecule has 4 unspecified atom stereocenters. The van der Waals surface area contributed by atoms with Gasteiger partial charge < -0.3 is 54.8 Å². The van der Waals surface area contributed by atoms with Crippen molar-refractivity contribution in [3.8, 4) is 5.75 Å². The largest absolute Gasteiger partial charge is 0.508 e. The minimum Gasteiger partial charge on any atom is -0.508 e. The fourth-order valence-electron chi connectivity index (χ4n) is 3.88. The predicted octanol–water partition coefficient (Wildman–Crippen LogP) is -2.75. The lowest BCUT2D eigenvalue weighted by Gasteiger charge is -2.25. The number of carboxylic acids is 1.